The molecule has 3 aromatic rings. The van der Waals surface area contributed by atoms with Gasteiger partial charge >= 0.3 is 5.69 Å². The number of aryl methyl sites for hydroxylation is 2. The summed E-state index contributed by atoms with van der Waals surface area (Å²) in [6.07, 6.45) is 0.273. The Bertz CT molecular complexity index is 925. The van der Waals surface area contributed by atoms with Crippen LogP contribution in [0.25, 0.3) is 11.0 Å². The lowest BCUT2D eigenvalue weighted by molar-refractivity contribution is -0.121. The van der Waals surface area contributed by atoms with E-state index in [2.05, 4.69) is 5.32 Å². The standard InChI is InChI=1S/C20H23N3O2/c1-3-22-17-11-7-8-12-18(17)23(20(22)25)14-13-19(24)21-15(2)16-9-5-4-6-10-16/h4-12,15H,3,13-14H2,1-2H3,(H,21,24). The predicted molar refractivity (Wildman–Crippen MR) is 99.5 cm³/mol. The van der Waals surface area contributed by atoms with Crippen molar-refractivity contribution >= 4 is 16.9 Å². The largest absolute Gasteiger partial charge is 0.350 e. The minimum Gasteiger partial charge on any atom is -0.350 e. The third-order valence-electron chi connectivity index (χ3n) is 4.48. The van der Waals surface area contributed by atoms with Gasteiger partial charge in [0.1, 0.15) is 0 Å². The van der Waals surface area contributed by atoms with E-state index in [1.165, 1.54) is 0 Å². The van der Waals surface area contributed by atoms with E-state index >= 15 is 0 Å². The van der Waals surface area contributed by atoms with Gasteiger partial charge in [-0.25, -0.2) is 4.79 Å². The van der Waals surface area contributed by atoms with Crippen molar-refractivity contribution in [2.45, 2.75) is 39.4 Å². The van der Waals surface area contributed by atoms with Crippen LogP contribution in [0.15, 0.2) is 59.4 Å². The van der Waals surface area contributed by atoms with Crippen LogP contribution in [0, 0.1) is 0 Å². The molecule has 0 spiro atoms. The highest BCUT2D eigenvalue weighted by atomic mass is 16.2. The summed E-state index contributed by atoms with van der Waals surface area (Å²) in [7, 11) is 0. The number of carbonyl (C=O) groups excluding carboxylic acids is 1. The predicted octanol–water partition coefficient (Wildman–Crippen LogP) is 3.09. The molecule has 0 bridgehead atoms. The Balaban J connectivity index is 1.72. The van der Waals surface area contributed by atoms with Crippen LogP contribution in [0.5, 0.6) is 0 Å². The highest BCUT2D eigenvalue weighted by Crippen LogP contribution is 2.14. The highest BCUT2D eigenvalue weighted by molar-refractivity contribution is 5.78. The van der Waals surface area contributed by atoms with E-state index in [9.17, 15) is 9.59 Å². The van der Waals surface area contributed by atoms with E-state index in [1.807, 2.05) is 68.4 Å². The second-order valence-electron chi connectivity index (χ2n) is 6.12. The number of benzene rings is 2. The second-order valence-corrected chi connectivity index (χ2v) is 6.12. The highest BCUT2D eigenvalue weighted by Gasteiger charge is 2.14. The van der Waals surface area contributed by atoms with Gasteiger partial charge in [0.15, 0.2) is 0 Å². The van der Waals surface area contributed by atoms with Crippen LogP contribution in [0.1, 0.15) is 31.9 Å². The van der Waals surface area contributed by atoms with Gasteiger partial charge in [-0.2, -0.15) is 0 Å². The summed E-state index contributed by atoms with van der Waals surface area (Å²) in [4.78, 5) is 24.9. The van der Waals surface area contributed by atoms with Crippen molar-refractivity contribution in [1.29, 1.82) is 0 Å². The SMILES string of the molecule is CCn1c(=O)n(CCC(=O)NC(C)c2ccccc2)c2ccccc21. The Morgan fingerprint density at radius 1 is 1.00 bits per heavy atom. The van der Waals surface area contributed by atoms with Crippen molar-refractivity contribution in [3.63, 3.8) is 0 Å². The van der Waals surface area contributed by atoms with Crippen LogP contribution in [-0.4, -0.2) is 15.0 Å². The van der Waals surface area contributed by atoms with Gasteiger partial charge in [-0.3, -0.25) is 13.9 Å². The van der Waals surface area contributed by atoms with Gasteiger partial charge in [0.05, 0.1) is 17.1 Å². The van der Waals surface area contributed by atoms with Crippen LogP contribution >= 0.6 is 0 Å². The zero-order valence-electron chi connectivity index (χ0n) is 14.6. The van der Waals surface area contributed by atoms with Crippen LogP contribution < -0.4 is 11.0 Å². The Kier molecular flexibility index (Phi) is 5.03. The Morgan fingerprint density at radius 3 is 2.24 bits per heavy atom. The second kappa shape index (κ2) is 7.38. The molecule has 25 heavy (non-hydrogen) atoms. The molecule has 1 atom stereocenters. The lowest BCUT2D eigenvalue weighted by atomic mass is 10.1. The Hall–Kier alpha value is -2.82. The summed E-state index contributed by atoms with van der Waals surface area (Å²) < 4.78 is 3.42. The molecule has 130 valence electrons. The number of hydrogen-bond donors (Lipinski definition) is 1. The summed E-state index contributed by atoms with van der Waals surface area (Å²) in [5, 5.41) is 2.99. The zero-order valence-corrected chi connectivity index (χ0v) is 14.6. The van der Waals surface area contributed by atoms with Gasteiger partial charge in [-0.1, -0.05) is 42.5 Å². The minimum atomic E-state index is -0.0624. The monoisotopic (exact) mass is 337 g/mol. The average molecular weight is 337 g/mol. The summed E-state index contributed by atoms with van der Waals surface area (Å²) in [6.45, 7) is 4.90. The van der Waals surface area contributed by atoms with E-state index in [0.717, 1.165) is 16.6 Å². The Morgan fingerprint density at radius 2 is 1.60 bits per heavy atom. The first-order valence-corrected chi connectivity index (χ1v) is 8.64. The topological polar surface area (TPSA) is 56.0 Å². The zero-order chi connectivity index (χ0) is 17.8. The molecular formula is C20H23N3O2. The summed E-state index contributed by atoms with van der Waals surface area (Å²) >= 11 is 0. The van der Waals surface area contributed by atoms with Crippen LogP contribution in [0.4, 0.5) is 0 Å². The number of imidazole rings is 1. The normalized spacial score (nSPS) is 12.2. The molecular weight excluding hydrogens is 314 g/mol. The lowest BCUT2D eigenvalue weighted by Crippen LogP contribution is -2.30. The van der Waals surface area contributed by atoms with E-state index in [0.29, 0.717) is 13.1 Å². The van der Waals surface area contributed by atoms with E-state index in [-0.39, 0.29) is 24.1 Å². The molecule has 5 heteroatoms. The molecule has 0 radical (unpaired) electrons. The number of carbonyl (C=O) groups is 1. The number of rotatable bonds is 6. The van der Waals surface area contributed by atoms with E-state index in [1.54, 1.807) is 9.13 Å². The summed E-state index contributed by atoms with van der Waals surface area (Å²) in [6, 6.07) is 17.5. The molecule has 2 aromatic carbocycles. The smallest absolute Gasteiger partial charge is 0.329 e. The number of hydrogen-bond acceptors (Lipinski definition) is 2. The number of aromatic nitrogens is 2. The van der Waals surface area contributed by atoms with Crippen molar-refractivity contribution < 1.29 is 4.79 Å². The molecule has 3 rings (SSSR count). The molecule has 1 heterocycles. The van der Waals surface area contributed by atoms with Crippen LogP contribution in [0.3, 0.4) is 0 Å². The van der Waals surface area contributed by atoms with E-state index in [4.69, 9.17) is 0 Å². The first kappa shape index (κ1) is 17.0. The van der Waals surface area contributed by atoms with Gasteiger partial charge in [0.2, 0.25) is 5.91 Å². The molecule has 5 nitrogen and oxygen atoms in total. The van der Waals surface area contributed by atoms with Crippen LogP contribution in [-0.2, 0) is 17.9 Å². The summed E-state index contributed by atoms with van der Waals surface area (Å²) in [5.41, 5.74) is 2.79. The number of nitrogens with zero attached hydrogens (tertiary/aromatic N) is 2. The molecule has 1 amide bonds. The number of nitrogens with one attached hydrogen (secondary N) is 1. The van der Waals surface area contributed by atoms with Gasteiger partial charge in [-0.05, 0) is 31.5 Å². The molecule has 1 unspecified atom stereocenters. The fraction of sp³-hybridized carbons (Fsp3) is 0.300. The Labute approximate surface area is 146 Å². The van der Waals surface area contributed by atoms with Crippen molar-refractivity contribution in [2.24, 2.45) is 0 Å². The molecule has 0 aliphatic heterocycles. The van der Waals surface area contributed by atoms with Gasteiger partial charge in [0, 0.05) is 19.5 Å². The first-order chi connectivity index (χ1) is 12.1. The summed E-state index contributed by atoms with van der Waals surface area (Å²) in [5.74, 6) is -0.0587. The quantitative estimate of drug-likeness (QED) is 0.751. The number of para-hydroxylation sites is 2. The maximum atomic E-state index is 12.6. The van der Waals surface area contributed by atoms with Crippen molar-refractivity contribution in [1.82, 2.24) is 14.5 Å². The molecule has 0 aliphatic rings. The van der Waals surface area contributed by atoms with Gasteiger partial charge in [0.25, 0.3) is 0 Å². The molecule has 0 aliphatic carbocycles. The number of amides is 1. The van der Waals surface area contributed by atoms with Crippen molar-refractivity contribution in [3.8, 4) is 0 Å². The number of fused-ring (bicyclic) bond motifs is 1. The molecule has 1 N–H and O–H groups in total. The average Bonchev–Trinajstić information content (AvgIpc) is 2.91. The minimum absolute atomic E-state index is 0.0533. The maximum Gasteiger partial charge on any atom is 0.329 e. The van der Waals surface area contributed by atoms with Gasteiger partial charge < -0.3 is 5.32 Å². The first-order valence-electron chi connectivity index (χ1n) is 8.64. The fourth-order valence-corrected chi connectivity index (χ4v) is 3.15. The molecule has 0 saturated carbocycles. The molecule has 0 fully saturated rings. The van der Waals surface area contributed by atoms with Gasteiger partial charge in [-0.15, -0.1) is 0 Å². The fourth-order valence-electron chi connectivity index (χ4n) is 3.15. The van der Waals surface area contributed by atoms with Crippen LogP contribution in [0.2, 0.25) is 0 Å². The van der Waals surface area contributed by atoms with Crippen molar-refractivity contribution in [2.75, 3.05) is 0 Å². The lowest BCUT2D eigenvalue weighted by Gasteiger charge is -2.14. The molecule has 0 saturated heterocycles. The third kappa shape index (κ3) is 3.50. The third-order valence-corrected chi connectivity index (χ3v) is 4.48. The van der Waals surface area contributed by atoms with Crippen molar-refractivity contribution in [3.05, 3.63) is 70.6 Å². The molecule has 1 aromatic heterocycles. The maximum absolute atomic E-state index is 12.6. The van der Waals surface area contributed by atoms with E-state index < -0.39 is 0 Å².